The minimum absolute atomic E-state index is 0.380. The third kappa shape index (κ3) is 5.18. The molecule has 5 nitrogen and oxygen atoms in total. The van der Waals surface area contributed by atoms with E-state index in [9.17, 15) is 9.90 Å². The van der Waals surface area contributed by atoms with E-state index in [-0.39, 0.29) is 0 Å². The van der Waals surface area contributed by atoms with Crippen molar-refractivity contribution in [2.45, 2.75) is 37.9 Å². The molecular formula is C29H29ClN2O3. The Morgan fingerprint density at radius 3 is 2.66 bits per heavy atom. The maximum Gasteiger partial charge on any atom is 0.131 e. The molecule has 0 unspecified atom stereocenters. The zero-order valence-corrected chi connectivity index (χ0v) is 20.4. The smallest absolute Gasteiger partial charge is 0.131 e. The molecule has 1 saturated heterocycles. The minimum Gasteiger partial charge on any atom is -0.487 e. The lowest BCUT2D eigenvalue weighted by Gasteiger charge is -2.38. The lowest BCUT2D eigenvalue weighted by atomic mass is 9.84. The van der Waals surface area contributed by atoms with Crippen molar-refractivity contribution in [2.24, 2.45) is 0 Å². The number of aldehydes is 1. The summed E-state index contributed by atoms with van der Waals surface area (Å²) in [5.74, 6) is 0.815. The summed E-state index contributed by atoms with van der Waals surface area (Å²) in [6.07, 6.45) is 7.63. The normalized spacial score (nSPS) is 18.3. The zero-order valence-electron chi connectivity index (χ0n) is 19.6. The molecule has 0 saturated carbocycles. The molecule has 0 atom stereocenters. The van der Waals surface area contributed by atoms with Gasteiger partial charge in [-0.1, -0.05) is 41.9 Å². The standard InChI is InChI=1S/C29H29ClN2O3/c30-23-8-6-22(7-9-23)29(34)12-16-32(17-13-29)15-2-4-24-25-3-1-14-31-27(25)20-35-28-10-5-21(11-18-33)19-26(24)28/h1,3-10,14,18-19,34H,2,11-13,15-17,20H2. The van der Waals surface area contributed by atoms with Crippen LogP contribution in [0.1, 0.15) is 47.2 Å². The molecule has 180 valence electrons. The number of hydrogen-bond donors (Lipinski definition) is 1. The molecule has 1 N–H and O–H groups in total. The van der Waals surface area contributed by atoms with Crippen molar-refractivity contribution in [1.29, 1.82) is 0 Å². The first-order valence-corrected chi connectivity index (χ1v) is 12.5. The van der Waals surface area contributed by atoms with Crippen LogP contribution in [-0.4, -0.2) is 40.9 Å². The van der Waals surface area contributed by atoms with Crippen LogP contribution in [0.5, 0.6) is 5.75 Å². The topological polar surface area (TPSA) is 62.7 Å². The highest BCUT2D eigenvalue weighted by Gasteiger charge is 2.33. The Bertz CT molecular complexity index is 1230. The highest BCUT2D eigenvalue weighted by molar-refractivity contribution is 6.30. The van der Waals surface area contributed by atoms with E-state index in [1.165, 1.54) is 0 Å². The van der Waals surface area contributed by atoms with Crippen LogP contribution in [0, 0.1) is 0 Å². The average Bonchev–Trinajstić information content (AvgIpc) is 3.03. The van der Waals surface area contributed by atoms with E-state index in [0.717, 1.165) is 71.6 Å². The molecule has 35 heavy (non-hydrogen) atoms. The van der Waals surface area contributed by atoms with Gasteiger partial charge in [0.15, 0.2) is 0 Å². The Morgan fingerprint density at radius 1 is 1.09 bits per heavy atom. The zero-order chi connectivity index (χ0) is 24.3. The van der Waals surface area contributed by atoms with Crippen LogP contribution in [0.3, 0.4) is 0 Å². The molecule has 1 fully saturated rings. The first-order chi connectivity index (χ1) is 17.1. The summed E-state index contributed by atoms with van der Waals surface area (Å²) < 4.78 is 6.07. The minimum atomic E-state index is -0.795. The second-order valence-corrected chi connectivity index (χ2v) is 9.71. The van der Waals surface area contributed by atoms with E-state index >= 15 is 0 Å². The van der Waals surface area contributed by atoms with Crippen molar-refractivity contribution >= 4 is 23.5 Å². The molecule has 0 aliphatic carbocycles. The molecule has 1 aromatic heterocycles. The van der Waals surface area contributed by atoms with Gasteiger partial charge in [-0.3, -0.25) is 4.98 Å². The van der Waals surface area contributed by atoms with E-state index in [0.29, 0.717) is 30.9 Å². The maximum atomic E-state index is 11.2. The van der Waals surface area contributed by atoms with Crippen LogP contribution in [0.4, 0.5) is 0 Å². The Balaban J connectivity index is 1.32. The third-order valence-corrected chi connectivity index (χ3v) is 7.31. The van der Waals surface area contributed by atoms with Crippen molar-refractivity contribution in [3.05, 3.63) is 99.8 Å². The van der Waals surface area contributed by atoms with Gasteiger partial charge in [0.2, 0.25) is 0 Å². The van der Waals surface area contributed by atoms with Gasteiger partial charge >= 0.3 is 0 Å². The quantitative estimate of drug-likeness (QED) is 0.485. The monoisotopic (exact) mass is 488 g/mol. The fraction of sp³-hybridized carbons (Fsp3) is 0.310. The molecule has 3 heterocycles. The number of likely N-dealkylation sites (tertiary alicyclic amines) is 1. The van der Waals surface area contributed by atoms with Gasteiger partial charge < -0.3 is 19.5 Å². The number of ether oxygens (including phenoxy) is 1. The van der Waals surface area contributed by atoms with Crippen molar-refractivity contribution in [1.82, 2.24) is 9.88 Å². The first kappa shape index (κ1) is 23.7. The van der Waals surface area contributed by atoms with Gasteiger partial charge in [-0.15, -0.1) is 0 Å². The number of fused-ring (bicyclic) bond motifs is 2. The van der Waals surface area contributed by atoms with Gasteiger partial charge in [0.25, 0.3) is 0 Å². The molecule has 2 aliphatic rings. The SMILES string of the molecule is O=CCc1ccc2c(c1)C(=CCCN1CCC(O)(c3ccc(Cl)cc3)CC1)c1cccnc1CO2. The van der Waals surface area contributed by atoms with Gasteiger partial charge in [-0.05, 0) is 66.3 Å². The second kappa shape index (κ2) is 10.3. The molecule has 2 aromatic carbocycles. The number of aliphatic hydroxyl groups is 1. The molecule has 3 aromatic rings. The number of aromatic nitrogens is 1. The van der Waals surface area contributed by atoms with E-state index < -0.39 is 5.60 Å². The predicted molar refractivity (Wildman–Crippen MR) is 137 cm³/mol. The summed E-state index contributed by atoms with van der Waals surface area (Å²) in [5, 5.41) is 11.9. The van der Waals surface area contributed by atoms with Crippen LogP contribution in [0.15, 0.2) is 66.9 Å². The van der Waals surface area contributed by atoms with Crippen molar-refractivity contribution in [3.63, 3.8) is 0 Å². The van der Waals surface area contributed by atoms with Gasteiger partial charge in [-0.25, -0.2) is 0 Å². The van der Waals surface area contributed by atoms with Crippen LogP contribution in [0.2, 0.25) is 5.02 Å². The van der Waals surface area contributed by atoms with Crippen molar-refractivity contribution in [2.75, 3.05) is 19.6 Å². The Labute approximate surface area is 211 Å². The Morgan fingerprint density at radius 2 is 1.89 bits per heavy atom. The van der Waals surface area contributed by atoms with Gasteiger partial charge in [-0.2, -0.15) is 0 Å². The third-order valence-electron chi connectivity index (χ3n) is 7.06. The number of benzene rings is 2. The number of rotatable bonds is 6. The predicted octanol–water partition coefficient (Wildman–Crippen LogP) is 5.17. The van der Waals surface area contributed by atoms with E-state index in [1.807, 2.05) is 42.5 Å². The van der Waals surface area contributed by atoms with Gasteiger partial charge in [0, 0.05) is 48.4 Å². The molecule has 0 radical (unpaired) electrons. The number of pyridine rings is 1. The fourth-order valence-corrected chi connectivity index (χ4v) is 5.16. The highest BCUT2D eigenvalue weighted by Crippen LogP contribution is 2.37. The lowest BCUT2D eigenvalue weighted by molar-refractivity contribution is -0.107. The highest BCUT2D eigenvalue weighted by atomic mass is 35.5. The molecule has 5 rings (SSSR count). The molecule has 6 heteroatoms. The summed E-state index contributed by atoms with van der Waals surface area (Å²) >= 11 is 6.02. The second-order valence-electron chi connectivity index (χ2n) is 9.27. The summed E-state index contributed by atoms with van der Waals surface area (Å²) in [5.41, 5.74) is 5.21. The van der Waals surface area contributed by atoms with E-state index in [2.05, 4.69) is 28.1 Å². The fourth-order valence-electron chi connectivity index (χ4n) is 5.03. The Kier molecular flexibility index (Phi) is 7.00. The number of halogens is 1. The van der Waals surface area contributed by atoms with E-state index in [4.69, 9.17) is 16.3 Å². The lowest BCUT2D eigenvalue weighted by Crippen LogP contribution is -2.42. The molecule has 2 aliphatic heterocycles. The van der Waals surface area contributed by atoms with Crippen molar-refractivity contribution < 1.29 is 14.6 Å². The number of carbonyl (C=O) groups is 1. The summed E-state index contributed by atoms with van der Waals surface area (Å²) in [7, 11) is 0. The summed E-state index contributed by atoms with van der Waals surface area (Å²) in [4.78, 5) is 18.1. The molecular weight excluding hydrogens is 460 g/mol. The van der Waals surface area contributed by atoms with Crippen LogP contribution in [-0.2, 0) is 23.4 Å². The Hall–Kier alpha value is -2.99. The van der Waals surface area contributed by atoms with Crippen LogP contribution < -0.4 is 4.74 Å². The first-order valence-electron chi connectivity index (χ1n) is 12.1. The summed E-state index contributed by atoms with van der Waals surface area (Å²) in [6.45, 7) is 3.00. The van der Waals surface area contributed by atoms with Crippen LogP contribution in [0.25, 0.3) is 5.57 Å². The van der Waals surface area contributed by atoms with E-state index in [1.54, 1.807) is 6.20 Å². The number of piperidine rings is 1. The largest absolute Gasteiger partial charge is 0.487 e. The molecule has 0 amide bonds. The number of carbonyl (C=O) groups excluding carboxylic acids is 1. The molecule has 0 spiro atoms. The average molecular weight is 489 g/mol. The van der Waals surface area contributed by atoms with Crippen molar-refractivity contribution in [3.8, 4) is 5.75 Å². The van der Waals surface area contributed by atoms with Gasteiger partial charge in [0.05, 0.1) is 11.3 Å². The number of hydrogen-bond acceptors (Lipinski definition) is 5. The molecule has 0 bridgehead atoms. The van der Waals surface area contributed by atoms with Gasteiger partial charge in [0.1, 0.15) is 18.6 Å². The summed E-state index contributed by atoms with van der Waals surface area (Å²) in [6, 6.07) is 17.5. The maximum absolute atomic E-state index is 11.2. The van der Waals surface area contributed by atoms with Crippen LogP contribution >= 0.6 is 11.6 Å². The number of nitrogens with zero attached hydrogens (tertiary/aromatic N) is 2.